The average molecular weight is 244 g/mol. The molecule has 0 aliphatic carbocycles. The third-order valence-corrected chi connectivity index (χ3v) is 2.63. The van der Waals surface area contributed by atoms with E-state index >= 15 is 0 Å². The molecular weight excluding hydrogens is 226 g/mol. The number of nitrogens with one attached hydrogen (secondary N) is 2. The van der Waals surface area contributed by atoms with Crippen LogP contribution in [0.15, 0.2) is 0 Å². The Labute approximate surface area is 89.5 Å². The summed E-state index contributed by atoms with van der Waals surface area (Å²) in [5, 5.41) is 2.57. The van der Waals surface area contributed by atoms with E-state index in [4.69, 9.17) is 0 Å². The second-order valence-electron chi connectivity index (χ2n) is 4.26. The molecule has 92 valence electrons. The zero-order valence-corrected chi connectivity index (χ0v) is 10.2. The molecule has 0 saturated heterocycles. The minimum absolute atomic E-state index is 0.144. The summed E-state index contributed by atoms with van der Waals surface area (Å²) in [5.74, 6) is 0. The molecule has 0 saturated carbocycles. The normalized spacial score (nSPS) is 15.7. The van der Waals surface area contributed by atoms with Crippen molar-refractivity contribution in [3.63, 3.8) is 0 Å². The van der Waals surface area contributed by atoms with Crippen molar-refractivity contribution in [1.29, 1.82) is 0 Å². The molecule has 0 aliphatic rings. The number of sulfonamides is 1. The van der Waals surface area contributed by atoms with E-state index in [0.29, 0.717) is 0 Å². The van der Waals surface area contributed by atoms with Crippen LogP contribution in [0.3, 0.4) is 0 Å². The lowest BCUT2D eigenvalue weighted by atomic mass is 10.1. The van der Waals surface area contributed by atoms with Gasteiger partial charge in [-0.15, -0.1) is 0 Å². The Kier molecular flexibility index (Phi) is 5.08. The topological polar surface area (TPSA) is 58.2 Å². The lowest BCUT2D eigenvalue weighted by Gasteiger charge is -2.27. The first-order valence-electron chi connectivity index (χ1n) is 4.54. The fourth-order valence-corrected chi connectivity index (χ4v) is 2.12. The van der Waals surface area contributed by atoms with Crippen LogP contribution in [0.4, 0.5) is 8.78 Å². The van der Waals surface area contributed by atoms with Gasteiger partial charge in [0.05, 0.1) is 12.3 Å². The van der Waals surface area contributed by atoms with Crippen molar-refractivity contribution < 1.29 is 17.2 Å². The van der Waals surface area contributed by atoms with Gasteiger partial charge in [0, 0.05) is 12.1 Å². The highest BCUT2D eigenvalue weighted by Crippen LogP contribution is 2.05. The molecular formula is C8H18F2N2O2S. The van der Waals surface area contributed by atoms with E-state index in [9.17, 15) is 17.2 Å². The summed E-state index contributed by atoms with van der Waals surface area (Å²) in [5.41, 5.74) is -0.781. The Balaban J connectivity index is 4.16. The van der Waals surface area contributed by atoms with Crippen molar-refractivity contribution in [2.24, 2.45) is 0 Å². The van der Waals surface area contributed by atoms with E-state index in [1.54, 1.807) is 13.8 Å². The molecule has 4 nitrogen and oxygen atoms in total. The van der Waals surface area contributed by atoms with Crippen LogP contribution in [0.2, 0.25) is 0 Å². The van der Waals surface area contributed by atoms with Gasteiger partial charge in [-0.1, -0.05) is 0 Å². The van der Waals surface area contributed by atoms with Gasteiger partial charge in [0.25, 0.3) is 6.43 Å². The number of hydrogen-bond acceptors (Lipinski definition) is 3. The van der Waals surface area contributed by atoms with Gasteiger partial charge in [0.2, 0.25) is 10.0 Å². The summed E-state index contributed by atoms with van der Waals surface area (Å²) < 4.78 is 48.5. The van der Waals surface area contributed by atoms with Crippen molar-refractivity contribution in [1.82, 2.24) is 10.0 Å². The highest BCUT2D eigenvalue weighted by atomic mass is 32.2. The monoisotopic (exact) mass is 244 g/mol. The van der Waals surface area contributed by atoms with Gasteiger partial charge in [-0.3, -0.25) is 0 Å². The van der Waals surface area contributed by atoms with Crippen LogP contribution in [0, 0.1) is 0 Å². The predicted octanol–water partition coefficient (Wildman–Crippen LogP) is 0.557. The van der Waals surface area contributed by atoms with Gasteiger partial charge < -0.3 is 5.32 Å². The summed E-state index contributed by atoms with van der Waals surface area (Å²) in [6.07, 6.45) is -1.43. The SMILES string of the molecule is CC(NCC(C)(C)NS(C)(=O)=O)C(F)F. The smallest absolute Gasteiger partial charge is 0.253 e. The fraction of sp³-hybridized carbons (Fsp3) is 1.00. The van der Waals surface area contributed by atoms with Gasteiger partial charge in [0.15, 0.2) is 0 Å². The molecule has 1 unspecified atom stereocenters. The van der Waals surface area contributed by atoms with E-state index in [0.717, 1.165) is 6.26 Å². The molecule has 0 heterocycles. The molecule has 1 atom stereocenters. The minimum Gasteiger partial charge on any atom is -0.307 e. The maximum absolute atomic E-state index is 12.1. The van der Waals surface area contributed by atoms with E-state index in [1.165, 1.54) is 6.92 Å². The van der Waals surface area contributed by atoms with Crippen LogP contribution in [-0.2, 0) is 10.0 Å². The number of rotatable bonds is 6. The molecule has 0 amide bonds. The molecule has 0 rings (SSSR count). The summed E-state index contributed by atoms with van der Waals surface area (Å²) >= 11 is 0. The quantitative estimate of drug-likeness (QED) is 0.717. The Bertz CT molecular complexity index is 291. The molecule has 0 aromatic heterocycles. The summed E-state index contributed by atoms with van der Waals surface area (Å²) in [6, 6.07) is -0.953. The molecule has 0 fully saturated rings. The summed E-state index contributed by atoms with van der Waals surface area (Å²) in [7, 11) is -3.33. The lowest BCUT2D eigenvalue weighted by molar-refractivity contribution is 0.103. The van der Waals surface area contributed by atoms with Crippen LogP contribution in [0.25, 0.3) is 0 Å². The molecule has 0 aromatic carbocycles. The standard InChI is InChI=1S/C8H18F2N2O2S/c1-6(7(9)10)11-5-8(2,3)12-15(4,13)14/h6-7,11-12H,5H2,1-4H3. The van der Waals surface area contributed by atoms with Crippen LogP contribution < -0.4 is 10.0 Å². The van der Waals surface area contributed by atoms with E-state index in [-0.39, 0.29) is 6.54 Å². The average Bonchev–Trinajstić information content (AvgIpc) is 1.95. The largest absolute Gasteiger partial charge is 0.307 e. The maximum atomic E-state index is 12.1. The van der Waals surface area contributed by atoms with E-state index < -0.39 is 28.0 Å². The highest BCUT2D eigenvalue weighted by molar-refractivity contribution is 7.88. The second kappa shape index (κ2) is 5.18. The maximum Gasteiger partial charge on any atom is 0.253 e. The van der Waals surface area contributed by atoms with E-state index in [2.05, 4.69) is 10.0 Å². The fourth-order valence-electron chi connectivity index (χ4n) is 1.04. The van der Waals surface area contributed by atoms with Crippen molar-refractivity contribution in [3.05, 3.63) is 0 Å². The molecule has 0 bridgehead atoms. The van der Waals surface area contributed by atoms with Crippen molar-refractivity contribution in [2.45, 2.75) is 38.8 Å². The molecule has 0 aliphatic heterocycles. The van der Waals surface area contributed by atoms with Crippen molar-refractivity contribution in [3.8, 4) is 0 Å². The molecule has 2 N–H and O–H groups in total. The number of halogens is 2. The Morgan fingerprint density at radius 1 is 1.33 bits per heavy atom. The minimum atomic E-state index is -3.33. The first kappa shape index (κ1) is 14.7. The number of alkyl halides is 2. The van der Waals surface area contributed by atoms with Crippen molar-refractivity contribution in [2.75, 3.05) is 12.8 Å². The molecule has 0 spiro atoms. The first-order valence-corrected chi connectivity index (χ1v) is 6.43. The second-order valence-corrected chi connectivity index (χ2v) is 6.01. The van der Waals surface area contributed by atoms with Crippen LogP contribution >= 0.6 is 0 Å². The van der Waals surface area contributed by atoms with Gasteiger partial charge in [0.1, 0.15) is 0 Å². The molecule has 7 heteroatoms. The Morgan fingerprint density at radius 3 is 2.13 bits per heavy atom. The van der Waals surface area contributed by atoms with Gasteiger partial charge in [-0.05, 0) is 20.8 Å². The zero-order valence-electron chi connectivity index (χ0n) is 9.34. The van der Waals surface area contributed by atoms with Gasteiger partial charge in [-0.25, -0.2) is 21.9 Å². The Morgan fingerprint density at radius 2 is 1.80 bits per heavy atom. The van der Waals surface area contributed by atoms with Crippen molar-refractivity contribution >= 4 is 10.0 Å². The summed E-state index contributed by atoms with van der Waals surface area (Å²) in [4.78, 5) is 0. The zero-order chi connectivity index (χ0) is 12.3. The van der Waals surface area contributed by atoms with Crippen LogP contribution in [0.5, 0.6) is 0 Å². The third-order valence-electron chi connectivity index (χ3n) is 1.71. The van der Waals surface area contributed by atoms with Crippen LogP contribution in [0.1, 0.15) is 20.8 Å². The molecule has 0 aromatic rings. The van der Waals surface area contributed by atoms with Crippen LogP contribution in [-0.4, -0.2) is 39.2 Å². The Hall–Kier alpha value is -0.270. The number of hydrogen-bond donors (Lipinski definition) is 2. The van der Waals surface area contributed by atoms with Gasteiger partial charge >= 0.3 is 0 Å². The van der Waals surface area contributed by atoms with E-state index in [1.807, 2.05) is 0 Å². The van der Waals surface area contributed by atoms with Gasteiger partial charge in [-0.2, -0.15) is 0 Å². The first-order chi connectivity index (χ1) is 6.53. The predicted molar refractivity (Wildman–Crippen MR) is 55.5 cm³/mol. The third kappa shape index (κ3) is 7.64. The molecule has 0 radical (unpaired) electrons. The lowest BCUT2D eigenvalue weighted by Crippen LogP contribution is -2.52. The summed E-state index contributed by atoms with van der Waals surface area (Å²) in [6.45, 7) is 4.74. The molecule has 15 heavy (non-hydrogen) atoms. The highest BCUT2D eigenvalue weighted by Gasteiger charge is 2.24.